The standard InChI is InChI=1S/C18H22N2O3/c1-20(14-7-5-4-6-8-14)12-11-18(21)19-16-10-9-15(22-2)13-17(16)23-3/h4-10,13H,11-12H2,1-3H3,(H,19,21). The summed E-state index contributed by atoms with van der Waals surface area (Å²) < 4.78 is 10.4. The predicted molar refractivity (Wildman–Crippen MR) is 92.5 cm³/mol. The van der Waals surface area contributed by atoms with E-state index >= 15 is 0 Å². The fourth-order valence-electron chi connectivity index (χ4n) is 2.20. The largest absolute Gasteiger partial charge is 0.497 e. The van der Waals surface area contributed by atoms with Crippen LogP contribution in [0, 0.1) is 0 Å². The van der Waals surface area contributed by atoms with Crippen LogP contribution >= 0.6 is 0 Å². The van der Waals surface area contributed by atoms with Crippen LogP contribution in [0.1, 0.15) is 6.42 Å². The third kappa shape index (κ3) is 4.64. The molecule has 0 bridgehead atoms. The lowest BCUT2D eigenvalue weighted by Crippen LogP contribution is -2.24. The van der Waals surface area contributed by atoms with E-state index in [2.05, 4.69) is 5.32 Å². The van der Waals surface area contributed by atoms with Gasteiger partial charge in [-0.05, 0) is 24.3 Å². The van der Waals surface area contributed by atoms with Gasteiger partial charge in [-0.1, -0.05) is 18.2 Å². The Bertz CT molecular complexity index is 644. The molecule has 0 aliphatic heterocycles. The van der Waals surface area contributed by atoms with E-state index in [9.17, 15) is 4.79 Å². The summed E-state index contributed by atoms with van der Waals surface area (Å²) in [6, 6.07) is 15.3. The number of carbonyl (C=O) groups excluding carboxylic acids is 1. The Morgan fingerprint density at radius 1 is 1.09 bits per heavy atom. The topological polar surface area (TPSA) is 50.8 Å². The first-order valence-corrected chi connectivity index (χ1v) is 7.42. The minimum atomic E-state index is -0.0590. The molecule has 2 rings (SSSR count). The zero-order valence-electron chi connectivity index (χ0n) is 13.7. The summed E-state index contributed by atoms with van der Waals surface area (Å²) in [6.07, 6.45) is 0.389. The van der Waals surface area contributed by atoms with Crippen LogP contribution in [0.5, 0.6) is 11.5 Å². The molecule has 1 N–H and O–H groups in total. The van der Waals surface area contributed by atoms with Gasteiger partial charge >= 0.3 is 0 Å². The fourth-order valence-corrected chi connectivity index (χ4v) is 2.20. The summed E-state index contributed by atoms with van der Waals surface area (Å²) in [4.78, 5) is 14.2. The summed E-state index contributed by atoms with van der Waals surface area (Å²) in [5.41, 5.74) is 1.72. The number of benzene rings is 2. The van der Waals surface area contributed by atoms with Gasteiger partial charge in [0.1, 0.15) is 11.5 Å². The van der Waals surface area contributed by atoms with Crippen molar-refractivity contribution in [3.05, 3.63) is 48.5 Å². The molecule has 0 aromatic heterocycles. The third-order valence-electron chi connectivity index (χ3n) is 3.55. The number of para-hydroxylation sites is 1. The number of rotatable bonds is 7. The van der Waals surface area contributed by atoms with Gasteiger partial charge in [0, 0.05) is 31.8 Å². The first-order chi connectivity index (χ1) is 11.1. The SMILES string of the molecule is COc1ccc(NC(=O)CCN(C)c2ccccc2)c(OC)c1. The first kappa shape index (κ1) is 16.7. The van der Waals surface area contributed by atoms with Crippen molar-refractivity contribution in [2.75, 3.05) is 38.0 Å². The molecule has 0 saturated carbocycles. The highest BCUT2D eigenvalue weighted by atomic mass is 16.5. The van der Waals surface area contributed by atoms with Crippen molar-refractivity contribution >= 4 is 17.3 Å². The molecule has 1 amide bonds. The summed E-state index contributed by atoms with van der Waals surface area (Å²) in [6.45, 7) is 0.633. The highest BCUT2D eigenvalue weighted by Gasteiger charge is 2.10. The zero-order chi connectivity index (χ0) is 16.7. The van der Waals surface area contributed by atoms with Crippen molar-refractivity contribution in [3.8, 4) is 11.5 Å². The average Bonchev–Trinajstić information content (AvgIpc) is 2.60. The molecule has 0 saturated heterocycles. The van der Waals surface area contributed by atoms with Gasteiger partial charge < -0.3 is 19.7 Å². The van der Waals surface area contributed by atoms with Crippen LogP contribution in [-0.2, 0) is 4.79 Å². The highest BCUT2D eigenvalue weighted by Crippen LogP contribution is 2.29. The molecule has 0 aliphatic rings. The molecule has 5 nitrogen and oxygen atoms in total. The van der Waals surface area contributed by atoms with Gasteiger partial charge in [-0.2, -0.15) is 0 Å². The number of hydrogen-bond donors (Lipinski definition) is 1. The lowest BCUT2D eigenvalue weighted by molar-refractivity contribution is -0.116. The Morgan fingerprint density at radius 3 is 2.48 bits per heavy atom. The van der Waals surface area contributed by atoms with Crippen LogP contribution in [-0.4, -0.2) is 33.7 Å². The summed E-state index contributed by atoms with van der Waals surface area (Å²) in [5, 5.41) is 2.87. The molecule has 0 unspecified atom stereocenters. The number of ether oxygens (including phenoxy) is 2. The Kier molecular flexibility index (Phi) is 5.86. The van der Waals surface area contributed by atoms with Crippen molar-refractivity contribution in [2.24, 2.45) is 0 Å². The molecule has 0 fully saturated rings. The lowest BCUT2D eigenvalue weighted by Gasteiger charge is -2.19. The van der Waals surface area contributed by atoms with Crippen molar-refractivity contribution in [3.63, 3.8) is 0 Å². The predicted octanol–water partition coefficient (Wildman–Crippen LogP) is 3.17. The van der Waals surface area contributed by atoms with Crippen LogP contribution in [0.3, 0.4) is 0 Å². The van der Waals surface area contributed by atoms with E-state index in [0.717, 1.165) is 5.69 Å². The minimum Gasteiger partial charge on any atom is -0.497 e. The second kappa shape index (κ2) is 8.08. The van der Waals surface area contributed by atoms with Crippen molar-refractivity contribution in [1.29, 1.82) is 0 Å². The molecule has 0 aliphatic carbocycles. The van der Waals surface area contributed by atoms with Crippen LogP contribution in [0.2, 0.25) is 0 Å². The number of nitrogens with one attached hydrogen (secondary N) is 1. The van der Waals surface area contributed by atoms with Crippen LogP contribution < -0.4 is 19.7 Å². The van der Waals surface area contributed by atoms with Gasteiger partial charge in [0.15, 0.2) is 0 Å². The van der Waals surface area contributed by atoms with Crippen molar-refractivity contribution in [1.82, 2.24) is 0 Å². The van der Waals surface area contributed by atoms with Gasteiger partial charge in [-0.15, -0.1) is 0 Å². The summed E-state index contributed by atoms with van der Waals surface area (Å²) >= 11 is 0. The molecule has 0 atom stereocenters. The molecule has 0 spiro atoms. The lowest BCUT2D eigenvalue weighted by atomic mass is 10.2. The molecule has 5 heteroatoms. The maximum Gasteiger partial charge on any atom is 0.226 e. The van der Waals surface area contributed by atoms with E-state index in [0.29, 0.717) is 30.2 Å². The minimum absolute atomic E-state index is 0.0590. The third-order valence-corrected chi connectivity index (χ3v) is 3.55. The van der Waals surface area contributed by atoms with E-state index < -0.39 is 0 Å². The van der Waals surface area contributed by atoms with Gasteiger partial charge in [0.25, 0.3) is 0 Å². The van der Waals surface area contributed by atoms with Crippen molar-refractivity contribution < 1.29 is 14.3 Å². The average molecular weight is 314 g/mol. The quantitative estimate of drug-likeness (QED) is 0.853. The van der Waals surface area contributed by atoms with E-state index in [1.54, 1.807) is 32.4 Å². The molecule has 2 aromatic rings. The molecular weight excluding hydrogens is 292 g/mol. The molecule has 122 valence electrons. The Hall–Kier alpha value is -2.69. The number of hydrogen-bond acceptors (Lipinski definition) is 4. The highest BCUT2D eigenvalue weighted by molar-refractivity contribution is 5.92. The number of carbonyl (C=O) groups is 1. The molecular formula is C18H22N2O3. The Balaban J connectivity index is 1.92. The monoisotopic (exact) mass is 314 g/mol. The Morgan fingerprint density at radius 2 is 1.83 bits per heavy atom. The maximum atomic E-state index is 12.1. The van der Waals surface area contributed by atoms with Crippen LogP contribution in [0.25, 0.3) is 0 Å². The van der Waals surface area contributed by atoms with Crippen LogP contribution in [0.4, 0.5) is 11.4 Å². The fraction of sp³-hybridized carbons (Fsp3) is 0.278. The normalized spacial score (nSPS) is 10.0. The smallest absolute Gasteiger partial charge is 0.226 e. The van der Waals surface area contributed by atoms with Gasteiger partial charge in [0.2, 0.25) is 5.91 Å². The maximum absolute atomic E-state index is 12.1. The number of nitrogens with zero attached hydrogens (tertiary/aromatic N) is 1. The Labute approximate surface area is 136 Å². The molecule has 2 aromatic carbocycles. The van der Waals surface area contributed by atoms with Gasteiger partial charge in [0.05, 0.1) is 19.9 Å². The van der Waals surface area contributed by atoms with Crippen LogP contribution in [0.15, 0.2) is 48.5 Å². The molecule has 0 radical (unpaired) electrons. The summed E-state index contributed by atoms with van der Waals surface area (Å²) in [5.74, 6) is 1.20. The number of anilines is 2. The number of amides is 1. The molecule has 0 heterocycles. The van der Waals surface area contributed by atoms with Gasteiger partial charge in [-0.25, -0.2) is 0 Å². The number of methoxy groups -OCH3 is 2. The second-order valence-corrected chi connectivity index (χ2v) is 5.12. The van der Waals surface area contributed by atoms with Crippen molar-refractivity contribution in [2.45, 2.75) is 6.42 Å². The molecule has 23 heavy (non-hydrogen) atoms. The van der Waals surface area contributed by atoms with E-state index in [4.69, 9.17) is 9.47 Å². The van der Waals surface area contributed by atoms with Gasteiger partial charge in [-0.3, -0.25) is 4.79 Å². The summed E-state index contributed by atoms with van der Waals surface area (Å²) in [7, 11) is 5.12. The van der Waals surface area contributed by atoms with E-state index in [-0.39, 0.29) is 5.91 Å². The van der Waals surface area contributed by atoms with E-state index in [1.165, 1.54) is 0 Å². The first-order valence-electron chi connectivity index (χ1n) is 7.42. The van der Waals surface area contributed by atoms with E-state index in [1.807, 2.05) is 42.3 Å². The second-order valence-electron chi connectivity index (χ2n) is 5.12. The zero-order valence-corrected chi connectivity index (χ0v) is 13.7.